The maximum atomic E-state index is 12.3. The normalized spacial score (nSPS) is 14.7. The van der Waals surface area contributed by atoms with E-state index in [9.17, 15) is 9.59 Å². The zero-order valence-electron chi connectivity index (χ0n) is 16.6. The molecule has 1 amide bonds. The van der Waals surface area contributed by atoms with Crippen molar-refractivity contribution in [3.63, 3.8) is 0 Å². The van der Waals surface area contributed by atoms with Gasteiger partial charge in [-0.05, 0) is 43.2 Å². The molecule has 1 fully saturated rings. The van der Waals surface area contributed by atoms with Gasteiger partial charge in [0.2, 0.25) is 0 Å². The van der Waals surface area contributed by atoms with Crippen LogP contribution in [0.25, 0.3) is 22.0 Å². The molecular weight excluding hydrogens is 366 g/mol. The van der Waals surface area contributed by atoms with E-state index in [1.54, 1.807) is 7.05 Å². The Labute approximate surface area is 169 Å². The molecule has 150 valence electrons. The number of rotatable bonds is 5. The summed E-state index contributed by atoms with van der Waals surface area (Å²) >= 11 is 0. The zero-order chi connectivity index (χ0) is 20.2. The van der Waals surface area contributed by atoms with Gasteiger partial charge in [0.1, 0.15) is 5.75 Å². The van der Waals surface area contributed by atoms with Gasteiger partial charge in [-0.25, -0.2) is 4.68 Å². The quantitative estimate of drug-likeness (QED) is 0.723. The molecular formula is C23H25N3O3. The van der Waals surface area contributed by atoms with Crippen molar-refractivity contribution in [2.75, 3.05) is 6.61 Å². The maximum Gasteiger partial charge on any atom is 0.274 e. The van der Waals surface area contributed by atoms with Gasteiger partial charge in [-0.1, -0.05) is 37.5 Å². The molecule has 29 heavy (non-hydrogen) atoms. The van der Waals surface area contributed by atoms with Gasteiger partial charge >= 0.3 is 0 Å². The van der Waals surface area contributed by atoms with E-state index in [0.717, 1.165) is 29.5 Å². The molecule has 0 saturated heterocycles. The van der Waals surface area contributed by atoms with Crippen LogP contribution in [0.4, 0.5) is 0 Å². The van der Waals surface area contributed by atoms with Crippen molar-refractivity contribution < 1.29 is 9.53 Å². The molecule has 1 aliphatic carbocycles. The SMILES string of the molecule is Cn1nc(-c2ccc(OCC(=O)NC3CCCCC3)cc2)c2ccccc2c1=O. The number of nitrogens with one attached hydrogen (secondary N) is 1. The van der Waals surface area contributed by atoms with E-state index >= 15 is 0 Å². The molecule has 0 atom stereocenters. The first-order valence-corrected chi connectivity index (χ1v) is 10.1. The summed E-state index contributed by atoms with van der Waals surface area (Å²) in [5.74, 6) is 0.549. The lowest BCUT2D eigenvalue weighted by atomic mass is 9.95. The summed E-state index contributed by atoms with van der Waals surface area (Å²) in [6.45, 7) is 0.0108. The fourth-order valence-corrected chi connectivity index (χ4v) is 3.89. The van der Waals surface area contributed by atoms with Crippen LogP contribution in [0.5, 0.6) is 5.75 Å². The Morgan fingerprint density at radius 2 is 1.76 bits per heavy atom. The van der Waals surface area contributed by atoms with Crippen LogP contribution in [0.2, 0.25) is 0 Å². The number of amides is 1. The van der Waals surface area contributed by atoms with Gasteiger partial charge in [0.05, 0.1) is 11.1 Å². The largest absolute Gasteiger partial charge is 0.484 e. The number of aromatic nitrogens is 2. The van der Waals surface area contributed by atoms with Crippen LogP contribution in [0.3, 0.4) is 0 Å². The molecule has 0 bridgehead atoms. The monoisotopic (exact) mass is 391 g/mol. The van der Waals surface area contributed by atoms with Gasteiger partial charge in [-0.3, -0.25) is 9.59 Å². The smallest absolute Gasteiger partial charge is 0.274 e. The highest BCUT2D eigenvalue weighted by Gasteiger charge is 2.16. The minimum Gasteiger partial charge on any atom is -0.484 e. The molecule has 1 N–H and O–H groups in total. The number of hydrogen-bond acceptors (Lipinski definition) is 4. The summed E-state index contributed by atoms with van der Waals surface area (Å²) < 4.78 is 7.00. The number of ether oxygens (including phenoxy) is 1. The van der Waals surface area contributed by atoms with Crippen LogP contribution in [-0.4, -0.2) is 28.3 Å². The fourth-order valence-electron chi connectivity index (χ4n) is 3.89. The Hall–Kier alpha value is -3.15. The first kappa shape index (κ1) is 19.2. The zero-order valence-corrected chi connectivity index (χ0v) is 16.6. The number of aryl methyl sites for hydroxylation is 1. The first-order chi connectivity index (χ1) is 14.1. The standard InChI is InChI=1S/C23H25N3O3/c1-26-23(28)20-10-6-5-9-19(20)22(25-26)16-11-13-18(14-12-16)29-15-21(27)24-17-7-3-2-4-8-17/h5-6,9-14,17H,2-4,7-8,15H2,1H3,(H,24,27). The molecule has 1 aromatic heterocycles. The number of fused-ring (bicyclic) bond motifs is 1. The maximum absolute atomic E-state index is 12.3. The van der Waals surface area contributed by atoms with E-state index in [2.05, 4.69) is 10.4 Å². The molecule has 3 aromatic rings. The summed E-state index contributed by atoms with van der Waals surface area (Å²) in [6.07, 6.45) is 5.74. The van der Waals surface area contributed by atoms with Crippen LogP contribution in [-0.2, 0) is 11.8 Å². The van der Waals surface area contributed by atoms with E-state index < -0.39 is 0 Å². The summed E-state index contributed by atoms with van der Waals surface area (Å²) in [5.41, 5.74) is 1.51. The van der Waals surface area contributed by atoms with Crippen molar-refractivity contribution in [1.82, 2.24) is 15.1 Å². The number of nitrogens with zero attached hydrogens (tertiary/aromatic N) is 2. The predicted molar refractivity (Wildman–Crippen MR) is 113 cm³/mol. The average Bonchev–Trinajstić information content (AvgIpc) is 2.76. The van der Waals surface area contributed by atoms with Gasteiger partial charge in [0.25, 0.3) is 11.5 Å². The van der Waals surface area contributed by atoms with Crippen molar-refractivity contribution in [1.29, 1.82) is 0 Å². The third kappa shape index (κ3) is 4.31. The topological polar surface area (TPSA) is 73.2 Å². The van der Waals surface area contributed by atoms with Crippen LogP contribution in [0.15, 0.2) is 53.3 Å². The van der Waals surface area contributed by atoms with Gasteiger partial charge in [0, 0.05) is 24.0 Å². The summed E-state index contributed by atoms with van der Waals surface area (Å²) in [7, 11) is 1.65. The minimum atomic E-state index is -0.117. The van der Waals surface area contributed by atoms with E-state index in [-0.39, 0.29) is 24.1 Å². The minimum absolute atomic E-state index is 0.0108. The highest BCUT2D eigenvalue weighted by Crippen LogP contribution is 2.26. The Kier molecular flexibility index (Phi) is 5.60. The van der Waals surface area contributed by atoms with Gasteiger partial charge in [-0.15, -0.1) is 0 Å². The Morgan fingerprint density at radius 3 is 2.48 bits per heavy atom. The molecule has 0 aliphatic heterocycles. The number of benzene rings is 2. The third-order valence-corrected chi connectivity index (χ3v) is 5.42. The van der Waals surface area contributed by atoms with Gasteiger partial charge in [0.15, 0.2) is 6.61 Å². The molecule has 6 nitrogen and oxygen atoms in total. The molecule has 1 aliphatic rings. The molecule has 6 heteroatoms. The van der Waals surface area contributed by atoms with Crippen LogP contribution in [0.1, 0.15) is 32.1 Å². The Morgan fingerprint density at radius 1 is 1.07 bits per heavy atom. The number of carbonyl (C=O) groups is 1. The van der Waals surface area contributed by atoms with E-state index in [4.69, 9.17) is 4.74 Å². The van der Waals surface area contributed by atoms with Gasteiger partial charge in [-0.2, -0.15) is 5.10 Å². The molecule has 4 rings (SSSR count). The lowest BCUT2D eigenvalue weighted by Crippen LogP contribution is -2.38. The Bertz CT molecular complexity index is 1070. The number of carbonyl (C=O) groups excluding carboxylic acids is 1. The van der Waals surface area contributed by atoms with Gasteiger partial charge < -0.3 is 10.1 Å². The second-order valence-electron chi connectivity index (χ2n) is 7.54. The predicted octanol–water partition coefficient (Wildman–Crippen LogP) is 3.43. The lowest BCUT2D eigenvalue weighted by Gasteiger charge is -2.22. The molecule has 1 heterocycles. The van der Waals surface area contributed by atoms with Crippen LogP contribution in [0, 0.1) is 0 Å². The molecule has 2 aromatic carbocycles. The molecule has 0 unspecified atom stereocenters. The van der Waals surface area contributed by atoms with Crippen LogP contribution >= 0.6 is 0 Å². The molecule has 1 saturated carbocycles. The van der Waals surface area contributed by atoms with Crippen LogP contribution < -0.4 is 15.6 Å². The Balaban J connectivity index is 1.46. The van der Waals surface area contributed by atoms with Crippen molar-refractivity contribution in [2.45, 2.75) is 38.1 Å². The first-order valence-electron chi connectivity index (χ1n) is 10.1. The summed E-state index contributed by atoms with van der Waals surface area (Å²) in [4.78, 5) is 24.4. The average molecular weight is 391 g/mol. The number of hydrogen-bond donors (Lipinski definition) is 1. The highest BCUT2D eigenvalue weighted by atomic mass is 16.5. The molecule has 0 spiro atoms. The van der Waals surface area contributed by atoms with Crippen molar-refractivity contribution in [2.24, 2.45) is 7.05 Å². The summed E-state index contributed by atoms with van der Waals surface area (Å²) in [5, 5.41) is 8.95. The van der Waals surface area contributed by atoms with E-state index in [1.165, 1.54) is 23.9 Å². The van der Waals surface area contributed by atoms with E-state index in [0.29, 0.717) is 11.1 Å². The second-order valence-corrected chi connectivity index (χ2v) is 7.54. The van der Waals surface area contributed by atoms with E-state index in [1.807, 2.05) is 48.5 Å². The highest BCUT2D eigenvalue weighted by molar-refractivity contribution is 5.93. The van der Waals surface area contributed by atoms with Crippen molar-refractivity contribution in [3.8, 4) is 17.0 Å². The van der Waals surface area contributed by atoms with Crippen molar-refractivity contribution >= 4 is 16.7 Å². The third-order valence-electron chi connectivity index (χ3n) is 5.42. The fraction of sp³-hybridized carbons (Fsp3) is 0.348. The second kappa shape index (κ2) is 8.47. The molecule has 0 radical (unpaired) electrons. The lowest BCUT2D eigenvalue weighted by molar-refractivity contribution is -0.124. The van der Waals surface area contributed by atoms with Crippen molar-refractivity contribution in [3.05, 3.63) is 58.9 Å². The summed E-state index contributed by atoms with van der Waals surface area (Å²) in [6, 6.07) is 15.2.